The summed E-state index contributed by atoms with van der Waals surface area (Å²) in [6.45, 7) is 7.94. The average Bonchev–Trinajstić information content (AvgIpc) is 3.17. The van der Waals surface area contributed by atoms with Crippen LogP contribution in [0, 0.1) is 0 Å². The Morgan fingerprint density at radius 3 is 2.48 bits per heavy atom. The summed E-state index contributed by atoms with van der Waals surface area (Å²) in [5.74, 6) is -0.102. The van der Waals surface area contributed by atoms with E-state index in [1.165, 1.54) is 0 Å². The molecule has 1 saturated heterocycles. The van der Waals surface area contributed by atoms with Gasteiger partial charge in [0.2, 0.25) is 0 Å². The molecule has 0 radical (unpaired) electrons. The molecule has 1 N–H and O–H groups in total. The summed E-state index contributed by atoms with van der Waals surface area (Å²) in [5.41, 5.74) is 0.191. The normalized spacial score (nSPS) is 23.1. The third kappa shape index (κ3) is 2.70. The molecule has 1 aromatic heterocycles. The Balaban J connectivity index is 1.87. The highest BCUT2D eigenvalue weighted by atomic mass is 16.7. The minimum atomic E-state index is -0.615. The first kappa shape index (κ1) is 14.5. The minimum Gasteiger partial charge on any atom is -0.398 e. The van der Waals surface area contributed by atoms with E-state index < -0.39 is 18.3 Å². The predicted octanol–water partition coefficient (Wildman–Crippen LogP) is 1.27. The molecule has 0 bridgehead atoms. The summed E-state index contributed by atoms with van der Waals surface area (Å²) in [6.07, 6.45) is 3.77. The van der Waals surface area contributed by atoms with Crippen LogP contribution in [0.25, 0.3) is 0 Å². The van der Waals surface area contributed by atoms with Gasteiger partial charge in [-0.2, -0.15) is 0 Å². The molecule has 6 heteroatoms. The van der Waals surface area contributed by atoms with Gasteiger partial charge in [-0.25, -0.2) is 0 Å². The summed E-state index contributed by atoms with van der Waals surface area (Å²) in [5, 5.41) is 2.99. The van der Waals surface area contributed by atoms with Gasteiger partial charge in [-0.05, 0) is 52.7 Å². The molecular weight excluding hydrogens is 267 g/mol. The van der Waals surface area contributed by atoms with Gasteiger partial charge in [-0.15, -0.1) is 0 Å². The van der Waals surface area contributed by atoms with Crippen LogP contribution in [0.15, 0.2) is 18.3 Å². The summed E-state index contributed by atoms with van der Waals surface area (Å²) < 4.78 is 12.0. The fraction of sp³-hybridized carbons (Fsp3) is 0.600. The minimum absolute atomic E-state index is 0.102. The molecule has 1 amide bonds. The zero-order chi connectivity index (χ0) is 15.3. The largest absolute Gasteiger partial charge is 0.515 e. The maximum absolute atomic E-state index is 12.3. The molecule has 1 aliphatic carbocycles. The van der Waals surface area contributed by atoms with E-state index in [9.17, 15) is 4.79 Å². The van der Waals surface area contributed by atoms with E-state index in [-0.39, 0.29) is 5.91 Å². The molecule has 0 unspecified atom stereocenters. The van der Waals surface area contributed by atoms with Gasteiger partial charge in [0.15, 0.2) is 0 Å². The first-order chi connectivity index (χ1) is 9.80. The number of rotatable bonds is 3. The third-order valence-electron chi connectivity index (χ3n) is 4.47. The monoisotopic (exact) mass is 288 g/mol. The topological polar surface area (TPSA) is 60.5 Å². The Morgan fingerprint density at radius 1 is 1.29 bits per heavy atom. The fourth-order valence-corrected chi connectivity index (χ4v) is 2.24. The average molecular weight is 288 g/mol. The van der Waals surface area contributed by atoms with Crippen molar-refractivity contribution in [3.8, 4) is 0 Å². The van der Waals surface area contributed by atoms with E-state index >= 15 is 0 Å². The van der Waals surface area contributed by atoms with Crippen LogP contribution in [0.3, 0.4) is 0 Å². The summed E-state index contributed by atoms with van der Waals surface area (Å²) in [6, 6.07) is 3.84. The van der Waals surface area contributed by atoms with Gasteiger partial charge in [0, 0.05) is 12.2 Å². The zero-order valence-corrected chi connectivity index (χ0v) is 13.0. The van der Waals surface area contributed by atoms with Crippen molar-refractivity contribution in [2.45, 2.75) is 57.8 Å². The van der Waals surface area contributed by atoms with Gasteiger partial charge in [-0.1, -0.05) is 0 Å². The van der Waals surface area contributed by atoms with E-state index in [1.807, 2.05) is 27.7 Å². The lowest BCUT2D eigenvalue weighted by Crippen LogP contribution is -2.42. The van der Waals surface area contributed by atoms with E-state index in [0.717, 1.165) is 12.8 Å². The van der Waals surface area contributed by atoms with Crippen LogP contribution in [-0.4, -0.2) is 35.3 Å². The highest BCUT2D eigenvalue weighted by molar-refractivity contribution is 6.62. The van der Waals surface area contributed by atoms with Gasteiger partial charge in [-0.3, -0.25) is 9.78 Å². The van der Waals surface area contributed by atoms with Crippen LogP contribution < -0.4 is 10.9 Å². The number of nitrogens with zero attached hydrogens (tertiary/aromatic N) is 1. The van der Waals surface area contributed by atoms with E-state index in [4.69, 9.17) is 9.31 Å². The SMILES string of the molecule is CC1(C)OB(c2ncccc2C(=O)NC2CC2)OC1(C)C. The Labute approximate surface area is 125 Å². The second kappa shape index (κ2) is 4.82. The van der Waals surface area contributed by atoms with Crippen LogP contribution >= 0.6 is 0 Å². The maximum Gasteiger partial charge on any atom is 0.515 e. The summed E-state index contributed by atoms with van der Waals surface area (Å²) >= 11 is 0. The smallest absolute Gasteiger partial charge is 0.398 e. The summed E-state index contributed by atoms with van der Waals surface area (Å²) in [7, 11) is -0.615. The Hall–Kier alpha value is -1.40. The fourth-order valence-electron chi connectivity index (χ4n) is 2.24. The number of carbonyl (C=O) groups is 1. The number of carbonyl (C=O) groups excluding carboxylic acids is 1. The Morgan fingerprint density at radius 2 is 1.90 bits per heavy atom. The van der Waals surface area contributed by atoms with Gasteiger partial charge >= 0.3 is 7.12 Å². The zero-order valence-electron chi connectivity index (χ0n) is 13.0. The number of hydrogen-bond donors (Lipinski definition) is 1. The van der Waals surface area contributed by atoms with Crippen molar-refractivity contribution in [3.63, 3.8) is 0 Å². The lowest BCUT2D eigenvalue weighted by molar-refractivity contribution is 0.00578. The number of amides is 1. The first-order valence-electron chi connectivity index (χ1n) is 7.41. The molecule has 0 aromatic carbocycles. The van der Waals surface area contributed by atoms with Gasteiger partial charge in [0.25, 0.3) is 5.91 Å². The van der Waals surface area contributed by atoms with E-state index in [2.05, 4.69) is 10.3 Å². The highest BCUT2D eigenvalue weighted by Gasteiger charge is 2.53. The second-order valence-corrected chi connectivity index (χ2v) is 6.77. The molecule has 112 valence electrons. The number of aromatic nitrogens is 1. The van der Waals surface area contributed by atoms with Crippen molar-refractivity contribution in [1.29, 1.82) is 0 Å². The van der Waals surface area contributed by atoms with Crippen molar-refractivity contribution >= 4 is 18.6 Å². The second-order valence-electron chi connectivity index (χ2n) is 6.77. The van der Waals surface area contributed by atoms with Crippen molar-refractivity contribution in [1.82, 2.24) is 10.3 Å². The number of nitrogens with one attached hydrogen (secondary N) is 1. The third-order valence-corrected chi connectivity index (χ3v) is 4.47. The molecule has 2 aliphatic rings. The lowest BCUT2D eigenvalue weighted by atomic mass is 9.80. The van der Waals surface area contributed by atoms with Crippen molar-refractivity contribution in [3.05, 3.63) is 23.9 Å². The molecule has 1 aliphatic heterocycles. The first-order valence-corrected chi connectivity index (χ1v) is 7.41. The molecule has 2 fully saturated rings. The van der Waals surface area contributed by atoms with Crippen LogP contribution in [0.2, 0.25) is 0 Å². The maximum atomic E-state index is 12.3. The van der Waals surface area contributed by atoms with Crippen molar-refractivity contribution < 1.29 is 14.1 Å². The lowest BCUT2D eigenvalue weighted by Gasteiger charge is -2.32. The molecule has 3 rings (SSSR count). The Bertz CT molecular complexity index is 554. The molecule has 0 atom stereocenters. The van der Waals surface area contributed by atoms with E-state index in [0.29, 0.717) is 17.2 Å². The molecular formula is C15H21BN2O3. The molecule has 1 aromatic rings. The van der Waals surface area contributed by atoms with Crippen molar-refractivity contribution in [2.75, 3.05) is 0 Å². The quantitative estimate of drug-likeness (QED) is 0.851. The Kier molecular flexibility index (Phi) is 3.33. The highest BCUT2D eigenvalue weighted by Crippen LogP contribution is 2.36. The van der Waals surface area contributed by atoms with Crippen LogP contribution in [0.5, 0.6) is 0 Å². The van der Waals surface area contributed by atoms with Crippen molar-refractivity contribution in [2.24, 2.45) is 0 Å². The van der Waals surface area contributed by atoms with Gasteiger partial charge < -0.3 is 14.6 Å². The van der Waals surface area contributed by atoms with Gasteiger partial charge in [0.1, 0.15) is 0 Å². The standard InChI is InChI=1S/C15H21BN2O3/c1-14(2)15(3,4)21-16(20-14)12-11(6-5-9-17-12)13(19)18-10-7-8-10/h5-6,9-10H,7-8H2,1-4H3,(H,18,19). The molecule has 5 nitrogen and oxygen atoms in total. The van der Waals surface area contributed by atoms with Crippen LogP contribution in [0.1, 0.15) is 50.9 Å². The molecule has 2 heterocycles. The molecule has 0 spiro atoms. The predicted molar refractivity (Wildman–Crippen MR) is 80.4 cm³/mol. The number of hydrogen-bond acceptors (Lipinski definition) is 4. The van der Waals surface area contributed by atoms with Gasteiger partial charge in [0.05, 0.1) is 22.4 Å². The molecule has 21 heavy (non-hydrogen) atoms. The van der Waals surface area contributed by atoms with Crippen LogP contribution in [0.4, 0.5) is 0 Å². The van der Waals surface area contributed by atoms with Crippen LogP contribution in [-0.2, 0) is 9.31 Å². The summed E-state index contributed by atoms with van der Waals surface area (Å²) in [4.78, 5) is 16.7. The molecule has 1 saturated carbocycles. The number of pyridine rings is 1. The van der Waals surface area contributed by atoms with E-state index in [1.54, 1.807) is 18.3 Å².